The van der Waals surface area contributed by atoms with Crippen LogP contribution in [-0.2, 0) is 14.4 Å². The molecule has 11 heavy (non-hydrogen) atoms. The third kappa shape index (κ3) is 5.31. The quantitative estimate of drug-likeness (QED) is 0.436. The van der Waals surface area contributed by atoms with Gasteiger partial charge in [0.2, 0.25) is 0 Å². The van der Waals surface area contributed by atoms with Crippen molar-refractivity contribution in [3.8, 4) is 0 Å². The van der Waals surface area contributed by atoms with Crippen LogP contribution in [0.4, 0.5) is 0 Å². The molecule has 0 radical (unpaired) electrons. The van der Waals surface area contributed by atoms with Crippen molar-refractivity contribution >= 4 is 11.9 Å². The summed E-state index contributed by atoms with van der Waals surface area (Å²) >= 11 is 0. The van der Waals surface area contributed by atoms with E-state index in [2.05, 4.69) is 4.84 Å². The van der Waals surface area contributed by atoms with E-state index in [-0.39, 0.29) is 0 Å². The normalized spacial score (nSPS) is 12.2. The van der Waals surface area contributed by atoms with Crippen LogP contribution in [0.1, 0.15) is 6.92 Å². The van der Waals surface area contributed by atoms with Crippen LogP contribution in [0.15, 0.2) is 0 Å². The lowest BCUT2D eigenvalue weighted by Gasteiger charge is -2.03. The highest BCUT2D eigenvalue weighted by atomic mass is 16.7. The molecule has 0 fully saturated rings. The lowest BCUT2D eigenvalue weighted by Crippen LogP contribution is -2.30. The Morgan fingerprint density at radius 3 is 2.55 bits per heavy atom. The molecule has 6 nitrogen and oxygen atoms in total. The summed E-state index contributed by atoms with van der Waals surface area (Å²) in [5.41, 5.74) is 1.86. The van der Waals surface area contributed by atoms with Crippen molar-refractivity contribution in [1.29, 1.82) is 0 Å². The van der Waals surface area contributed by atoms with Gasteiger partial charge in [-0.1, -0.05) is 0 Å². The lowest BCUT2D eigenvalue weighted by molar-refractivity contribution is -0.161. The summed E-state index contributed by atoms with van der Waals surface area (Å²) in [5.74, 6) is -2.06. The first-order chi connectivity index (χ1) is 5.04. The minimum absolute atomic E-state index is 0.488. The third-order valence-electron chi connectivity index (χ3n) is 0.737. The van der Waals surface area contributed by atoms with E-state index >= 15 is 0 Å². The van der Waals surface area contributed by atoms with Gasteiger partial charge in [0.1, 0.15) is 6.54 Å². The van der Waals surface area contributed by atoms with Crippen LogP contribution in [0.5, 0.6) is 0 Å². The molecule has 0 spiro atoms. The van der Waals surface area contributed by atoms with E-state index in [4.69, 9.17) is 10.2 Å². The second-order valence-electron chi connectivity index (χ2n) is 1.81. The Bertz CT molecular complexity index is 155. The molecule has 0 aromatic rings. The number of nitrogens with one attached hydrogen (secondary N) is 1. The molecule has 1 unspecified atom stereocenters. The number of hydroxylamine groups is 1. The number of aliphatic hydroxyl groups excluding tert-OH is 1. The van der Waals surface area contributed by atoms with Crippen LogP contribution in [0, 0.1) is 0 Å². The van der Waals surface area contributed by atoms with Crippen molar-refractivity contribution in [1.82, 2.24) is 5.48 Å². The van der Waals surface area contributed by atoms with Crippen molar-refractivity contribution in [2.45, 2.75) is 13.0 Å². The van der Waals surface area contributed by atoms with Gasteiger partial charge in [-0.15, -0.1) is 5.48 Å². The number of carbonyl (C=O) groups excluding carboxylic acids is 1. The van der Waals surface area contributed by atoms with Gasteiger partial charge in [-0.3, -0.25) is 4.79 Å². The van der Waals surface area contributed by atoms with Gasteiger partial charge in [0.05, 0.1) is 0 Å². The Morgan fingerprint density at radius 2 is 2.18 bits per heavy atom. The van der Waals surface area contributed by atoms with Crippen LogP contribution >= 0.6 is 0 Å². The Labute approximate surface area is 62.7 Å². The zero-order valence-corrected chi connectivity index (χ0v) is 5.90. The summed E-state index contributed by atoms with van der Waals surface area (Å²) in [6.45, 7) is 0.725. The van der Waals surface area contributed by atoms with Gasteiger partial charge in [0.15, 0.2) is 6.10 Å². The Kier molecular flexibility index (Phi) is 4.16. The Hall–Kier alpha value is -1.14. The number of aliphatic carboxylic acids is 1. The summed E-state index contributed by atoms with van der Waals surface area (Å²) in [4.78, 5) is 24.3. The van der Waals surface area contributed by atoms with Crippen molar-refractivity contribution in [2.24, 2.45) is 0 Å². The minimum atomic E-state index is -1.25. The zero-order chi connectivity index (χ0) is 8.85. The van der Waals surface area contributed by atoms with Gasteiger partial charge in [-0.25, -0.2) is 4.79 Å². The molecule has 0 aliphatic heterocycles. The van der Waals surface area contributed by atoms with Gasteiger partial charge in [-0.05, 0) is 6.92 Å². The highest BCUT2D eigenvalue weighted by molar-refractivity contribution is 5.74. The molecule has 6 heteroatoms. The van der Waals surface area contributed by atoms with Gasteiger partial charge in [-0.2, -0.15) is 0 Å². The number of aliphatic hydroxyl groups is 1. The summed E-state index contributed by atoms with van der Waals surface area (Å²) in [7, 11) is 0. The van der Waals surface area contributed by atoms with Crippen molar-refractivity contribution in [2.75, 3.05) is 6.54 Å². The van der Waals surface area contributed by atoms with Crippen LogP contribution < -0.4 is 5.48 Å². The number of rotatable bonds is 4. The molecule has 0 aromatic carbocycles. The smallest absolute Gasteiger partial charge is 0.353 e. The fourth-order valence-electron chi connectivity index (χ4n) is 0.254. The van der Waals surface area contributed by atoms with E-state index in [1.54, 1.807) is 0 Å². The molecule has 0 saturated heterocycles. The SMILES string of the molecule is CC(O)C(=O)ONCC(=O)O. The maximum Gasteiger partial charge on any atom is 0.353 e. The summed E-state index contributed by atoms with van der Waals surface area (Å²) in [6.07, 6.45) is -1.25. The molecule has 3 N–H and O–H groups in total. The first-order valence-corrected chi connectivity index (χ1v) is 2.87. The van der Waals surface area contributed by atoms with E-state index < -0.39 is 24.6 Å². The van der Waals surface area contributed by atoms with Crippen molar-refractivity contribution in [3.05, 3.63) is 0 Å². The second kappa shape index (κ2) is 4.64. The van der Waals surface area contributed by atoms with Crippen LogP contribution in [0.3, 0.4) is 0 Å². The minimum Gasteiger partial charge on any atom is -0.480 e. The monoisotopic (exact) mass is 163 g/mol. The predicted molar refractivity (Wildman–Crippen MR) is 33.4 cm³/mol. The molecular weight excluding hydrogens is 154 g/mol. The average molecular weight is 163 g/mol. The summed E-state index contributed by atoms with van der Waals surface area (Å²) in [6, 6.07) is 0. The fraction of sp³-hybridized carbons (Fsp3) is 0.600. The lowest BCUT2D eigenvalue weighted by atomic mass is 10.4. The molecule has 0 rings (SSSR count). The van der Waals surface area contributed by atoms with E-state index in [1.807, 2.05) is 5.48 Å². The fourth-order valence-corrected chi connectivity index (χ4v) is 0.254. The topological polar surface area (TPSA) is 95.9 Å². The first kappa shape index (κ1) is 9.86. The zero-order valence-electron chi connectivity index (χ0n) is 5.90. The molecule has 0 aromatic heterocycles. The van der Waals surface area contributed by atoms with Crippen molar-refractivity contribution in [3.63, 3.8) is 0 Å². The third-order valence-corrected chi connectivity index (χ3v) is 0.737. The molecule has 0 saturated carbocycles. The highest BCUT2D eigenvalue weighted by Crippen LogP contribution is 1.81. The van der Waals surface area contributed by atoms with E-state index in [1.165, 1.54) is 6.92 Å². The molecule has 64 valence electrons. The predicted octanol–water partition coefficient (Wildman–Crippen LogP) is -1.50. The number of hydrogen-bond donors (Lipinski definition) is 3. The molecule has 0 aliphatic carbocycles. The summed E-state index contributed by atoms with van der Waals surface area (Å²) < 4.78 is 0. The van der Waals surface area contributed by atoms with E-state index in [0.717, 1.165) is 0 Å². The largest absolute Gasteiger partial charge is 0.480 e. The molecule has 0 amide bonds. The number of hydrogen-bond acceptors (Lipinski definition) is 5. The maximum atomic E-state index is 10.4. The molecule has 0 aliphatic rings. The van der Waals surface area contributed by atoms with Gasteiger partial charge < -0.3 is 15.1 Å². The standard InChI is InChI=1S/C5H9NO5/c1-3(7)5(10)11-6-2-4(8)9/h3,6-7H,2H2,1H3,(H,8,9). The van der Waals surface area contributed by atoms with Crippen LogP contribution in [-0.4, -0.2) is 34.8 Å². The van der Waals surface area contributed by atoms with E-state index in [9.17, 15) is 9.59 Å². The number of carboxylic acid groups (broad SMARTS) is 1. The van der Waals surface area contributed by atoms with E-state index in [0.29, 0.717) is 0 Å². The van der Waals surface area contributed by atoms with Gasteiger partial charge >= 0.3 is 11.9 Å². The van der Waals surface area contributed by atoms with Gasteiger partial charge in [0.25, 0.3) is 0 Å². The average Bonchev–Trinajstić information content (AvgIpc) is 1.86. The Balaban J connectivity index is 3.39. The molecular formula is C5H9NO5. The number of carbonyl (C=O) groups is 2. The van der Waals surface area contributed by atoms with Crippen LogP contribution in [0.2, 0.25) is 0 Å². The highest BCUT2D eigenvalue weighted by Gasteiger charge is 2.10. The van der Waals surface area contributed by atoms with Crippen LogP contribution in [0.25, 0.3) is 0 Å². The molecule has 0 bridgehead atoms. The molecule has 1 atom stereocenters. The first-order valence-electron chi connectivity index (χ1n) is 2.87. The Morgan fingerprint density at radius 1 is 1.64 bits per heavy atom. The number of carboxylic acids is 1. The van der Waals surface area contributed by atoms with Crippen molar-refractivity contribution < 1.29 is 24.6 Å². The van der Waals surface area contributed by atoms with Gasteiger partial charge in [0, 0.05) is 0 Å². The molecule has 0 heterocycles. The second-order valence-corrected chi connectivity index (χ2v) is 1.81. The maximum absolute atomic E-state index is 10.4. The summed E-state index contributed by atoms with van der Waals surface area (Å²) in [5, 5.41) is 16.6.